The maximum Gasteiger partial charge on any atom is 0.0853 e. The molecule has 2 aliphatic rings. The molecule has 1 saturated heterocycles. The minimum atomic E-state index is 0.641. The quantitative estimate of drug-likeness (QED) is 0.502. The summed E-state index contributed by atoms with van der Waals surface area (Å²) >= 11 is 0. The van der Waals surface area contributed by atoms with E-state index in [4.69, 9.17) is 4.99 Å². The highest BCUT2D eigenvalue weighted by Gasteiger charge is 2.11. The third kappa shape index (κ3) is 3.84. The first-order valence-corrected chi connectivity index (χ1v) is 6.72. The van der Waals surface area contributed by atoms with Gasteiger partial charge in [0.1, 0.15) is 0 Å². The fraction of sp³-hybridized carbons (Fsp3) is 0.923. The summed E-state index contributed by atoms with van der Waals surface area (Å²) in [6.45, 7) is 2.46. The molecule has 2 rings (SSSR count). The molecule has 0 atom stereocenters. The third-order valence-corrected chi connectivity index (χ3v) is 3.66. The van der Waals surface area contributed by atoms with Gasteiger partial charge in [-0.05, 0) is 25.7 Å². The lowest BCUT2D eigenvalue weighted by molar-refractivity contribution is 0.420. The fourth-order valence-corrected chi connectivity index (χ4v) is 2.63. The van der Waals surface area contributed by atoms with Crippen LogP contribution in [0.25, 0.3) is 0 Å². The van der Waals surface area contributed by atoms with E-state index in [1.54, 1.807) is 0 Å². The summed E-state index contributed by atoms with van der Waals surface area (Å²) in [6.07, 6.45) is 14.5. The summed E-state index contributed by atoms with van der Waals surface area (Å²) < 4.78 is 0. The average molecular weight is 208 g/mol. The van der Waals surface area contributed by atoms with Crippen molar-refractivity contribution < 1.29 is 0 Å². The molecule has 2 nitrogen and oxygen atoms in total. The minimum Gasteiger partial charge on any atom is -0.363 e. The van der Waals surface area contributed by atoms with Crippen molar-refractivity contribution in [3.05, 3.63) is 0 Å². The van der Waals surface area contributed by atoms with Crippen LogP contribution in [0.4, 0.5) is 0 Å². The van der Waals surface area contributed by atoms with Crippen LogP contribution in [0, 0.1) is 0 Å². The molecule has 1 aliphatic carbocycles. The second-order valence-corrected chi connectivity index (χ2v) is 5.01. The van der Waals surface area contributed by atoms with Gasteiger partial charge in [-0.2, -0.15) is 0 Å². The number of rotatable bonds is 2. The Morgan fingerprint density at radius 1 is 0.800 bits per heavy atom. The monoisotopic (exact) mass is 208 g/mol. The van der Waals surface area contributed by atoms with Crippen LogP contribution >= 0.6 is 0 Å². The molecule has 1 aliphatic heterocycles. The number of hydrogen-bond donors (Lipinski definition) is 0. The maximum absolute atomic E-state index is 4.75. The molecule has 15 heavy (non-hydrogen) atoms. The molecule has 2 heteroatoms. The predicted octanol–water partition coefficient (Wildman–Crippen LogP) is 3.22. The van der Waals surface area contributed by atoms with Gasteiger partial charge < -0.3 is 4.90 Å². The predicted molar refractivity (Wildman–Crippen MR) is 65.4 cm³/mol. The number of likely N-dealkylation sites (tertiary alicyclic amines) is 1. The van der Waals surface area contributed by atoms with Gasteiger partial charge in [-0.3, -0.25) is 4.99 Å². The SMILES string of the molecule is C(=NC1CCCCC1)N1CCCCCC1. The number of aliphatic imine (C=N–C) groups is 1. The lowest BCUT2D eigenvalue weighted by Crippen LogP contribution is -2.24. The Balaban J connectivity index is 1.75. The first-order valence-electron chi connectivity index (χ1n) is 6.72. The van der Waals surface area contributed by atoms with Crippen molar-refractivity contribution in [2.24, 2.45) is 4.99 Å². The van der Waals surface area contributed by atoms with E-state index >= 15 is 0 Å². The Hall–Kier alpha value is -0.530. The molecule has 0 aromatic rings. The molecule has 0 unspecified atom stereocenters. The van der Waals surface area contributed by atoms with E-state index in [0.29, 0.717) is 6.04 Å². The van der Waals surface area contributed by atoms with Crippen LogP contribution in [0.5, 0.6) is 0 Å². The zero-order valence-electron chi connectivity index (χ0n) is 9.83. The van der Waals surface area contributed by atoms with E-state index in [-0.39, 0.29) is 0 Å². The zero-order chi connectivity index (χ0) is 10.3. The van der Waals surface area contributed by atoms with Gasteiger partial charge in [0.15, 0.2) is 0 Å². The summed E-state index contributed by atoms with van der Waals surface area (Å²) in [5.41, 5.74) is 0. The van der Waals surface area contributed by atoms with Crippen molar-refractivity contribution >= 4 is 6.34 Å². The van der Waals surface area contributed by atoms with E-state index in [2.05, 4.69) is 11.2 Å². The van der Waals surface area contributed by atoms with Crippen LogP contribution < -0.4 is 0 Å². The van der Waals surface area contributed by atoms with Crippen molar-refractivity contribution in [2.45, 2.75) is 63.8 Å². The first-order chi connectivity index (χ1) is 7.45. The molecule has 0 amide bonds. The van der Waals surface area contributed by atoms with Gasteiger partial charge >= 0.3 is 0 Å². The summed E-state index contributed by atoms with van der Waals surface area (Å²) in [4.78, 5) is 7.18. The Labute approximate surface area is 93.8 Å². The van der Waals surface area contributed by atoms with Crippen LogP contribution in [0.2, 0.25) is 0 Å². The molecule has 0 radical (unpaired) electrons. The second-order valence-electron chi connectivity index (χ2n) is 5.01. The largest absolute Gasteiger partial charge is 0.363 e. The van der Waals surface area contributed by atoms with Gasteiger partial charge in [-0.25, -0.2) is 0 Å². The highest BCUT2D eigenvalue weighted by atomic mass is 15.1. The van der Waals surface area contributed by atoms with Crippen molar-refractivity contribution in [1.82, 2.24) is 4.90 Å². The topological polar surface area (TPSA) is 15.6 Å². The highest BCUT2D eigenvalue weighted by Crippen LogP contribution is 2.20. The van der Waals surface area contributed by atoms with Crippen molar-refractivity contribution in [1.29, 1.82) is 0 Å². The maximum atomic E-state index is 4.75. The molecule has 0 aromatic carbocycles. The normalized spacial score (nSPS) is 25.7. The Morgan fingerprint density at radius 3 is 2.07 bits per heavy atom. The molecule has 1 heterocycles. The number of nitrogens with zero attached hydrogens (tertiary/aromatic N) is 2. The van der Waals surface area contributed by atoms with Crippen LogP contribution in [-0.4, -0.2) is 30.4 Å². The van der Waals surface area contributed by atoms with E-state index < -0.39 is 0 Å². The van der Waals surface area contributed by atoms with E-state index in [1.165, 1.54) is 70.9 Å². The number of hydrogen-bond acceptors (Lipinski definition) is 1. The van der Waals surface area contributed by atoms with Gasteiger partial charge in [0.25, 0.3) is 0 Å². The first kappa shape index (κ1) is 11.0. The molecule has 0 bridgehead atoms. The molecule has 1 saturated carbocycles. The van der Waals surface area contributed by atoms with Crippen LogP contribution in [-0.2, 0) is 0 Å². The van der Waals surface area contributed by atoms with Gasteiger partial charge in [-0.1, -0.05) is 32.1 Å². The standard InChI is InChI=1S/C13H24N2/c1-2-7-11-15(10-6-1)12-14-13-8-4-3-5-9-13/h12-13H,1-11H2. The lowest BCUT2D eigenvalue weighted by Gasteiger charge is -2.20. The van der Waals surface area contributed by atoms with Crippen molar-refractivity contribution in [2.75, 3.05) is 13.1 Å². The minimum absolute atomic E-state index is 0.641. The summed E-state index contributed by atoms with van der Waals surface area (Å²) in [5, 5.41) is 0. The average Bonchev–Trinajstić information content (AvgIpc) is 2.56. The summed E-state index contributed by atoms with van der Waals surface area (Å²) in [7, 11) is 0. The molecule has 86 valence electrons. The Bertz CT molecular complexity index is 187. The van der Waals surface area contributed by atoms with Gasteiger partial charge in [0.05, 0.1) is 12.4 Å². The zero-order valence-corrected chi connectivity index (χ0v) is 9.83. The van der Waals surface area contributed by atoms with Crippen LogP contribution in [0.1, 0.15) is 57.8 Å². The van der Waals surface area contributed by atoms with E-state index in [1.807, 2.05) is 0 Å². The van der Waals surface area contributed by atoms with Crippen LogP contribution in [0.3, 0.4) is 0 Å². The molecule has 0 aromatic heterocycles. The molecule has 2 fully saturated rings. The van der Waals surface area contributed by atoms with Crippen molar-refractivity contribution in [3.63, 3.8) is 0 Å². The van der Waals surface area contributed by atoms with E-state index in [9.17, 15) is 0 Å². The Morgan fingerprint density at radius 2 is 1.40 bits per heavy atom. The second kappa shape index (κ2) is 6.14. The smallest absolute Gasteiger partial charge is 0.0853 e. The van der Waals surface area contributed by atoms with Gasteiger partial charge in [0.2, 0.25) is 0 Å². The van der Waals surface area contributed by atoms with Gasteiger partial charge in [0, 0.05) is 13.1 Å². The summed E-state index contributed by atoms with van der Waals surface area (Å²) in [5.74, 6) is 0. The molecule has 0 spiro atoms. The highest BCUT2D eigenvalue weighted by molar-refractivity contribution is 5.55. The molecule has 0 N–H and O–H groups in total. The summed E-state index contributed by atoms with van der Waals surface area (Å²) in [6, 6.07) is 0.641. The third-order valence-electron chi connectivity index (χ3n) is 3.66. The molecular formula is C13H24N2. The fourth-order valence-electron chi connectivity index (χ4n) is 2.63. The lowest BCUT2D eigenvalue weighted by atomic mass is 9.96. The van der Waals surface area contributed by atoms with E-state index in [0.717, 1.165) is 0 Å². The van der Waals surface area contributed by atoms with Crippen molar-refractivity contribution in [3.8, 4) is 0 Å². The van der Waals surface area contributed by atoms with Gasteiger partial charge in [-0.15, -0.1) is 0 Å². The van der Waals surface area contributed by atoms with Crippen LogP contribution in [0.15, 0.2) is 4.99 Å². The Kier molecular flexibility index (Phi) is 4.49. The molecular weight excluding hydrogens is 184 g/mol.